The summed E-state index contributed by atoms with van der Waals surface area (Å²) >= 11 is 0. The van der Waals surface area contributed by atoms with Gasteiger partial charge in [0.05, 0.1) is 6.61 Å². The standard InChI is InChI=1S/C32H61O8P/c1-3-5-7-9-11-13-15-17-18-20-22-24-26-31(33)38-28-30(29-39-41(35,36)37)40-32(34)27-25-23-21-19-16-14-12-10-8-6-4-2/h11,13,30H,3-10,12,14-29H2,1-2H3,(H2,35,36,37)/b13-11+/t30-/m1/s1. The van der Waals surface area contributed by atoms with Gasteiger partial charge >= 0.3 is 19.8 Å². The minimum absolute atomic E-state index is 0.214. The molecule has 0 aromatic heterocycles. The van der Waals surface area contributed by atoms with E-state index in [-0.39, 0.29) is 19.4 Å². The molecule has 0 unspecified atom stereocenters. The Balaban J connectivity index is 4.03. The summed E-state index contributed by atoms with van der Waals surface area (Å²) in [4.78, 5) is 42.4. The van der Waals surface area contributed by atoms with Crippen molar-refractivity contribution in [3.8, 4) is 0 Å². The molecule has 0 bridgehead atoms. The lowest BCUT2D eigenvalue weighted by Gasteiger charge is -2.18. The van der Waals surface area contributed by atoms with Crippen molar-refractivity contribution in [3.05, 3.63) is 12.2 Å². The van der Waals surface area contributed by atoms with E-state index in [4.69, 9.17) is 19.3 Å². The van der Waals surface area contributed by atoms with Gasteiger partial charge in [-0.05, 0) is 38.5 Å². The van der Waals surface area contributed by atoms with Gasteiger partial charge in [-0.25, -0.2) is 4.57 Å². The average molecular weight is 605 g/mol. The third-order valence-electron chi connectivity index (χ3n) is 7.03. The summed E-state index contributed by atoms with van der Waals surface area (Å²) in [5.41, 5.74) is 0. The second-order valence-corrected chi connectivity index (χ2v) is 12.4. The fraction of sp³-hybridized carbons (Fsp3) is 0.875. The Kier molecular flexibility index (Phi) is 28.0. The van der Waals surface area contributed by atoms with E-state index >= 15 is 0 Å². The highest BCUT2D eigenvalue weighted by Gasteiger charge is 2.22. The lowest BCUT2D eigenvalue weighted by molar-refractivity contribution is -0.161. The summed E-state index contributed by atoms with van der Waals surface area (Å²) < 4.78 is 26.1. The van der Waals surface area contributed by atoms with E-state index in [9.17, 15) is 14.2 Å². The maximum Gasteiger partial charge on any atom is 0.469 e. The van der Waals surface area contributed by atoms with Crippen LogP contribution in [0.2, 0.25) is 0 Å². The molecule has 9 heteroatoms. The molecule has 2 N–H and O–H groups in total. The molecule has 0 aliphatic rings. The van der Waals surface area contributed by atoms with E-state index in [1.165, 1.54) is 70.6 Å². The molecule has 0 fully saturated rings. The normalized spacial score (nSPS) is 12.6. The Morgan fingerprint density at radius 1 is 0.610 bits per heavy atom. The summed E-state index contributed by atoms with van der Waals surface area (Å²) in [5.74, 6) is -0.894. The predicted octanol–water partition coefficient (Wildman–Crippen LogP) is 9.12. The zero-order chi connectivity index (χ0) is 30.4. The number of ether oxygens (including phenoxy) is 2. The molecule has 0 radical (unpaired) electrons. The number of allylic oxidation sites excluding steroid dienone is 2. The van der Waals surface area contributed by atoms with E-state index in [0.717, 1.165) is 51.4 Å². The molecule has 0 aromatic rings. The number of unbranched alkanes of at least 4 members (excludes halogenated alkanes) is 18. The number of hydrogen-bond donors (Lipinski definition) is 2. The van der Waals surface area contributed by atoms with Crippen LogP contribution in [-0.4, -0.2) is 41.0 Å². The highest BCUT2D eigenvalue weighted by molar-refractivity contribution is 7.46. The van der Waals surface area contributed by atoms with Gasteiger partial charge in [-0.3, -0.25) is 14.1 Å². The first-order chi connectivity index (χ1) is 19.8. The van der Waals surface area contributed by atoms with Gasteiger partial charge in [0.1, 0.15) is 6.61 Å². The monoisotopic (exact) mass is 604 g/mol. The van der Waals surface area contributed by atoms with Crippen molar-refractivity contribution < 1.29 is 37.9 Å². The van der Waals surface area contributed by atoms with Gasteiger partial charge in [0.15, 0.2) is 6.10 Å². The first-order valence-electron chi connectivity index (χ1n) is 16.5. The summed E-state index contributed by atoms with van der Waals surface area (Å²) in [6.45, 7) is 3.62. The van der Waals surface area contributed by atoms with Crippen LogP contribution in [0.4, 0.5) is 0 Å². The average Bonchev–Trinajstić information content (AvgIpc) is 2.93. The van der Waals surface area contributed by atoms with Gasteiger partial charge in [0, 0.05) is 12.8 Å². The first kappa shape index (κ1) is 39.8. The zero-order valence-electron chi connectivity index (χ0n) is 26.2. The summed E-state index contributed by atoms with van der Waals surface area (Å²) in [7, 11) is -4.74. The van der Waals surface area contributed by atoms with Crippen LogP contribution in [0.3, 0.4) is 0 Å². The Morgan fingerprint density at radius 2 is 1.02 bits per heavy atom. The zero-order valence-corrected chi connectivity index (χ0v) is 27.1. The summed E-state index contributed by atoms with van der Waals surface area (Å²) in [5, 5.41) is 0. The smallest absolute Gasteiger partial charge is 0.462 e. The highest BCUT2D eigenvalue weighted by atomic mass is 31.2. The molecule has 0 spiro atoms. The molecule has 1 atom stereocenters. The van der Waals surface area contributed by atoms with Gasteiger partial charge < -0.3 is 19.3 Å². The molecular formula is C32H61O8P. The van der Waals surface area contributed by atoms with Crippen molar-refractivity contribution in [2.24, 2.45) is 0 Å². The maximum atomic E-state index is 12.3. The fourth-order valence-corrected chi connectivity index (χ4v) is 4.90. The molecule has 0 rings (SSSR count). The molecule has 8 nitrogen and oxygen atoms in total. The van der Waals surface area contributed by atoms with Crippen molar-refractivity contribution in [2.45, 2.75) is 168 Å². The summed E-state index contributed by atoms with van der Waals surface area (Å²) in [6.07, 6.45) is 27.9. The van der Waals surface area contributed by atoms with Crippen LogP contribution in [0.1, 0.15) is 162 Å². The number of esters is 2. The van der Waals surface area contributed by atoms with Crippen molar-refractivity contribution in [2.75, 3.05) is 13.2 Å². The molecule has 0 saturated carbocycles. The van der Waals surface area contributed by atoms with Crippen molar-refractivity contribution >= 4 is 19.8 Å². The lowest BCUT2D eigenvalue weighted by atomic mass is 10.1. The van der Waals surface area contributed by atoms with Crippen molar-refractivity contribution in [1.82, 2.24) is 0 Å². The molecule has 41 heavy (non-hydrogen) atoms. The number of carbonyl (C=O) groups excluding carboxylic acids is 2. The topological polar surface area (TPSA) is 119 Å². The highest BCUT2D eigenvalue weighted by Crippen LogP contribution is 2.35. The van der Waals surface area contributed by atoms with Crippen LogP contribution in [0.25, 0.3) is 0 Å². The van der Waals surface area contributed by atoms with E-state index < -0.39 is 32.5 Å². The number of hydrogen-bond acceptors (Lipinski definition) is 6. The molecule has 242 valence electrons. The van der Waals surface area contributed by atoms with E-state index in [1.807, 2.05) is 0 Å². The Morgan fingerprint density at radius 3 is 1.54 bits per heavy atom. The number of carbonyl (C=O) groups is 2. The largest absolute Gasteiger partial charge is 0.469 e. The molecular weight excluding hydrogens is 543 g/mol. The fourth-order valence-electron chi connectivity index (χ4n) is 4.54. The molecule has 0 amide bonds. The third kappa shape index (κ3) is 31.6. The van der Waals surface area contributed by atoms with E-state index in [2.05, 4.69) is 30.5 Å². The van der Waals surface area contributed by atoms with Crippen molar-refractivity contribution in [3.63, 3.8) is 0 Å². The Hall–Kier alpha value is -1.21. The van der Waals surface area contributed by atoms with Crippen molar-refractivity contribution in [1.29, 1.82) is 0 Å². The maximum absolute atomic E-state index is 12.3. The molecule has 0 aliphatic carbocycles. The Bertz CT molecular complexity index is 691. The van der Waals surface area contributed by atoms with Crippen LogP contribution in [0.5, 0.6) is 0 Å². The number of rotatable bonds is 30. The molecule has 0 aliphatic heterocycles. The molecule has 0 heterocycles. The number of phosphoric ester groups is 1. The van der Waals surface area contributed by atoms with Gasteiger partial charge in [0.25, 0.3) is 0 Å². The van der Waals surface area contributed by atoms with Crippen LogP contribution >= 0.6 is 7.82 Å². The second-order valence-electron chi connectivity index (χ2n) is 11.1. The van der Waals surface area contributed by atoms with Crippen LogP contribution in [0.15, 0.2) is 12.2 Å². The first-order valence-corrected chi connectivity index (χ1v) is 18.0. The number of phosphoric acid groups is 1. The van der Waals surface area contributed by atoms with Crippen LogP contribution in [-0.2, 0) is 28.2 Å². The van der Waals surface area contributed by atoms with Gasteiger partial charge in [-0.15, -0.1) is 0 Å². The SMILES string of the molecule is CCCCC/C=C/CCCCCCCC(=O)OC[C@H](COP(=O)(O)O)OC(=O)CCCCCCCCCCCCC. The molecule has 0 aromatic carbocycles. The van der Waals surface area contributed by atoms with E-state index in [1.54, 1.807) is 0 Å². The minimum Gasteiger partial charge on any atom is -0.462 e. The van der Waals surface area contributed by atoms with Gasteiger partial charge in [-0.2, -0.15) is 0 Å². The van der Waals surface area contributed by atoms with Gasteiger partial charge in [0.2, 0.25) is 0 Å². The molecule has 0 saturated heterocycles. The van der Waals surface area contributed by atoms with E-state index in [0.29, 0.717) is 12.8 Å². The predicted molar refractivity (Wildman–Crippen MR) is 166 cm³/mol. The minimum atomic E-state index is -4.74. The summed E-state index contributed by atoms with van der Waals surface area (Å²) in [6, 6.07) is 0. The quantitative estimate of drug-likeness (QED) is 0.0360. The lowest BCUT2D eigenvalue weighted by Crippen LogP contribution is -2.29. The van der Waals surface area contributed by atoms with Gasteiger partial charge in [-0.1, -0.05) is 122 Å². The second kappa shape index (κ2) is 28.9. The Labute approximate surface area is 250 Å². The third-order valence-corrected chi connectivity index (χ3v) is 7.52. The van der Waals surface area contributed by atoms with Crippen LogP contribution in [0, 0.1) is 0 Å². The van der Waals surface area contributed by atoms with Crippen LogP contribution < -0.4 is 0 Å².